The van der Waals surface area contributed by atoms with E-state index in [-0.39, 0.29) is 0 Å². The summed E-state index contributed by atoms with van der Waals surface area (Å²) < 4.78 is 6.42. The van der Waals surface area contributed by atoms with Crippen molar-refractivity contribution in [1.29, 1.82) is 0 Å². The molecule has 9 nitrogen and oxygen atoms in total. The molecule has 4 aromatic rings. The summed E-state index contributed by atoms with van der Waals surface area (Å²) in [5.41, 5.74) is 4.71. The largest absolute Gasteiger partial charge is 0.395 e. The zero-order chi connectivity index (χ0) is 23.6. The highest BCUT2D eigenvalue weighted by molar-refractivity contribution is 7.10. The molecule has 178 valence electrons. The Balaban J connectivity index is 0.000000262. The van der Waals surface area contributed by atoms with E-state index in [0.717, 1.165) is 65.2 Å². The Bertz CT molecular complexity index is 1090. The number of aliphatic hydroxyl groups excluding tert-OH is 1. The maximum atomic E-state index is 8.65. The van der Waals surface area contributed by atoms with Gasteiger partial charge in [-0.1, -0.05) is 20.8 Å². The van der Waals surface area contributed by atoms with E-state index in [9.17, 15) is 0 Å². The Morgan fingerprint density at radius 3 is 2.55 bits per heavy atom. The van der Waals surface area contributed by atoms with E-state index in [0.29, 0.717) is 6.61 Å². The van der Waals surface area contributed by atoms with Gasteiger partial charge in [0, 0.05) is 24.5 Å². The molecule has 0 saturated heterocycles. The summed E-state index contributed by atoms with van der Waals surface area (Å²) in [7, 11) is 0. The highest BCUT2D eigenvalue weighted by Crippen LogP contribution is 2.27. The summed E-state index contributed by atoms with van der Waals surface area (Å²) >= 11 is 1.43. The number of fused-ring (bicyclic) bond motifs is 1. The second-order valence-corrected chi connectivity index (χ2v) is 8.59. The van der Waals surface area contributed by atoms with Crippen LogP contribution in [0.3, 0.4) is 0 Å². The predicted molar refractivity (Wildman–Crippen MR) is 134 cm³/mol. The number of aromatic amines is 1. The maximum Gasteiger partial charge on any atom is 0.180 e. The third-order valence-electron chi connectivity index (χ3n) is 5.07. The van der Waals surface area contributed by atoms with Crippen molar-refractivity contribution in [2.75, 3.05) is 31.6 Å². The van der Waals surface area contributed by atoms with Crippen LogP contribution in [0.5, 0.6) is 0 Å². The van der Waals surface area contributed by atoms with Crippen LogP contribution in [0.2, 0.25) is 0 Å². The SMILES string of the molecule is CCCN(CCC)CCO.CCc1cc(Nc2nc(C)cn3c(-c4cn[nH]c4)cnc23)sn1. The van der Waals surface area contributed by atoms with Gasteiger partial charge in [0.2, 0.25) is 0 Å². The molecule has 0 fully saturated rings. The number of imidazole rings is 1. The van der Waals surface area contributed by atoms with Gasteiger partial charge in [0.15, 0.2) is 11.5 Å². The lowest BCUT2D eigenvalue weighted by Crippen LogP contribution is -2.28. The van der Waals surface area contributed by atoms with Crippen LogP contribution in [0.15, 0.2) is 30.9 Å². The summed E-state index contributed by atoms with van der Waals surface area (Å²) in [4.78, 5) is 11.4. The normalized spacial score (nSPS) is 11.1. The molecule has 0 aliphatic heterocycles. The number of nitrogens with one attached hydrogen (secondary N) is 2. The van der Waals surface area contributed by atoms with Crippen molar-refractivity contribution in [2.24, 2.45) is 0 Å². The molecule has 33 heavy (non-hydrogen) atoms. The van der Waals surface area contributed by atoms with Crippen molar-refractivity contribution in [3.63, 3.8) is 0 Å². The minimum Gasteiger partial charge on any atom is -0.395 e. The van der Waals surface area contributed by atoms with Crippen molar-refractivity contribution in [3.8, 4) is 11.3 Å². The molecular formula is C23H34N8OS. The lowest BCUT2D eigenvalue weighted by molar-refractivity contribution is 0.196. The highest BCUT2D eigenvalue weighted by atomic mass is 32.1. The lowest BCUT2D eigenvalue weighted by atomic mass is 10.3. The number of rotatable bonds is 10. The van der Waals surface area contributed by atoms with Crippen LogP contribution in [0, 0.1) is 6.92 Å². The third-order valence-corrected chi connectivity index (χ3v) is 5.81. The molecule has 0 saturated carbocycles. The second kappa shape index (κ2) is 12.4. The molecule has 4 aromatic heterocycles. The van der Waals surface area contributed by atoms with Crippen molar-refractivity contribution in [1.82, 2.24) is 33.8 Å². The number of anilines is 2. The average Bonchev–Trinajstić information content (AvgIpc) is 3.55. The van der Waals surface area contributed by atoms with Crippen LogP contribution in [-0.2, 0) is 6.42 Å². The molecule has 0 spiro atoms. The van der Waals surface area contributed by atoms with Crippen molar-refractivity contribution < 1.29 is 5.11 Å². The van der Waals surface area contributed by atoms with E-state index >= 15 is 0 Å². The van der Waals surface area contributed by atoms with Crippen molar-refractivity contribution >= 4 is 28.0 Å². The number of aromatic nitrogens is 6. The summed E-state index contributed by atoms with van der Waals surface area (Å²) in [6.07, 6.45) is 10.7. The first kappa shape index (κ1) is 24.8. The average molecular weight is 471 g/mol. The van der Waals surface area contributed by atoms with Crippen LogP contribution < -0.4 is 5.32 Å². The molecule has 0 bridgehead atoms. The third kappa shape index (κ3) is 6.59. The number of hydrogen-bond acceptors (Lipinski definition) is 8. The van der Waals surface area contributed by atoms with E-state index < -0.39 is 0 Å². The zero-order valence-electron chi connectivity index (χ0n) is 19.9. The quantitative estimate of drug-likeness (QED) is 0.317. The smallest absolute Gasteiger partial charge is 0.180 e. The van der Waals surface area contributed by atoms with Gasteiger partial charge in [0.25, 0.3) is 0 Å². The van der Waals surface area contributed by atoms with E-state index in [2.05, 4.69) is 55.5 Å². The van der Waals surface area contributed by atoms with E-state index in [4.69, 9.17) is 5.11 Å². The van der Waals surface area contributed by atoms with Gasteiger partial charge in [-0.05, 0) is 56.9 Å². The molecule has 0 aromatic carbocycles. The fourth-order valence-corrected chi connectivity index (χ4v) is 4.29. The first-order chi connectivity index (χ1) is 16.1. The molecule has 0 aliphatic carbocycles. The fourth-order valence-electron chi connectivity index (χ4n) is 3.56. The summed E-state index contributed by atoms with van der Waals surface area (Å²) in [5, 5.41) is 19.8. The number of nitrogens with zero attached hydrogens (tertiary/aromatic N) is 6. The molecule has 3 N–H and O–H groups in total. The summed E-state index contributed by atoms with van der Waals surface area (Å²) in [6, 6.07) is 2.05. The van der Waals surface area contributed by atoms with Crippen molar-refractivity contribution in [2.45, 2.75) is 47.0 Å². The Morgan fingerprint density at radius 2 is 1.94 bits per heavy atom. The molecule has 4 heterocycles. The van der Waals surface area contributed by atoms with Gasteiger partial charge in [-0.3, -0.25) is 9.50 Å². The fraction of sp³-hybridized carbons (Fsp3) is 0.478. The van der Waals surface area contributed by atoms with E-state index in [1.54, 1.807) is 6.20 Å². The standard InChI is InChI=1S/C15H15N7S.C8H19NO/c1-3-11-4-13(23-21-11)20-14-15-16-7-12(10-5-17-18-6-10)22(15)8-9(2)19-14;1-3-5-9(6-4-2)7-8-10/h4-8H,3H2,1-2H3,(H,17,18)(H,19,20);10H,3-8H2,1-2H3. The van der Waals surface area contributed by atoms with Crippen LogP contribution in [0.4, 0.5) is 10.8 Å². The number of aliphatic hydroxyl groups is 1. The molecular weight excluding hydrogens is 436 g/mol. The minimum atomic E-state index is 0.292. The first-order valence-electron chi connectivity index (χ1n) is 11.5. The Morgan fingerprint density at radius 1 is 1.15 bits per heavy atom. The van der Waals surface area contributed by atoms with Crippen molar-refractivity contribution in [3.05, 3.63) is 42.2 Å². The van der Waals surface area contributed by atoms with Gasteiger partial charge in [0.05, 0.1) is 36.1 Å². The molecule has 0 amide bonds. The molecule has 0 radical (unpaired) electrons. The molecule has 4 rings (SSSR count). The van der Waals surface area contributed by atoms with Crippen LogP contribution in [-0.4, -0.2) is 65.2 Å². The molecule has 0 unspecified atom stereocenters. The lowest BCUT2D eigenvalue weighted by Gasteiger charge is -2.18. The van der Waals surface area contributed by atoms with Gasteiger partial charge in [-0.15, -0.1) is 0 Å². The maximum absolute atomic E-state index is 8.65. The van der Waals surface area contributed by atoms with Crippen LogP contribution in [0.1, 0.15) is 45.0 Å². The van der Waals surface area contributed by atoms with Gasteiger partial charge in [0.1, 0.15) is 5.00 Å². The van der Waals surface area contributed by atoms with Crippen LogP contribution in [0.25, 0.3) is 16.9 Å². The first-order valence-corrected chi connectivity index (χ1v) is 12.3. The zero-order valence-corrected chi connectivity index (χ0v) is 20.7. The Labute approximate surface area is 199 Å². The van der Waals surface area contributed by atoms with Gasteiger partial charge < -0.3 is 15.3 Å². The predicted octanol–water partition coefficient (Wildman–Crippen LogP) is 4.29. The molecule has 0 aliphatic rings. The van der Waals surface area contributed by atoms with E-state index in [1.165, 1.54) is 24.4 Å². The summed E-state index contributed by atoms with van der Waals surface area (Å²) in [6.45, 7) is 11.8. The number of H-pyrrole nitrogens is 1. The van der Waals surface area contributed by atoms with Crippen LogP contribution >= 0.6 is 11.5 Å². The second-order valence-electron chi connectivity index (χ2n) is 7.78. The van der Waals surface area contributed by atoms with E-state index in [1.807, 2.05) is 36.0 Å². The van der Waals surface area contributed by atoms with Gasteiger partial charge in [-0.2, -0.15) is 9.47 Å². The Hall–Kier alpha value is -2.82. The summed E-state index contributed by atoms with van der Waals surface area (Å²) in [5.74, 6) is 0.728. The number of hydrogen-bond donors (Lipinski definition) is 3. The molecule has 0 atom stereocenters. The monoisotopic (exact) mass is 470 g/mol. The highest BCUT2D eigenvalue weighted by Gasteiger charge is 2.13. The molecule has 10 heteroatoms. The minimum absolute atomic E-state index is 0.292. The number of aryl methyl sites for hydroxylation is 2. The Kier molecular flexibility index (Phi) is 9.35. The topological polar surface area (TPSA) is 107 Å². The van der Waals surface area contributed by atoms with Gasteiger partial charge >= 0.3 is 0 Å². The van der Waals surface area contributed by atoms with Gasteiger partial charge in [-0.25, -0.2) is 9.97 Å².